The zero-order valence-electron chi connectivity index (χ0n) is 10.3. The summed E-state index contributed by atoms with van der Waals surface area (Å²) in [5, 5.41) is 0. The Morgan fingerprint density at radius 1 is 1.05 bits per heavy atom. The number of hydrogen-bond donors (Lipinski definition) is 0. The molecule has 0 N–H and O–H groups in total. The van der Waals surface area contributed by atoms with Crippen LogP contribution in [0.15, 0.2) is 42.5 Å². The van der Waals surface area contributed by atoms with Gasteiger partial charge in [0, 0.05) is 5.56 Å². The number of carbonyl (C=O) groups excluding carboxylic acids is 1. The maximum Gasteiger partial charge on any atom is 0.200 e. The molecule has 0 aliphatic heterocycles. The third kappa shape index (κ3) is 3.37. The van der Waals surface area contributed by atoms with Crippen LogP contribution in [0.1, 0.15) is 15.9 Å². The molecule has 0 spiro atoms. The average Bonchev–Trinajstić information content (AvgIpc) is 2.41. The molecule has 0 unspecified atom stereocenters. The molecule has 2 nitrogen and oxygen atoms in total. The van der Waals surface area contributed by atoms with Gasteiger partial charge in [0.25, 0.3) is 0 Å². The van der Waals surface area contributed by atoms with Crippen LogP contribution in [0.25, 0.3) is 0 Å². The summed E-state index contributed by atoms with van der Waals surface area (Å²) in [5.74, 6) is -1.86. The second-order valence-electron chi connectivity index (χ2n) is 4.15. The molecule has 2 aromatic carbocycles. The van der Waals surface area contributed by atoms with Crippen LogP contribution in [0, 0.1) is 18.6 Å². The van der Waals surface area contributed by atoms with E-state index in [2.05, 4.69) is 0 Å². The molecule has 0 saturated carbocycles. The molecule has 98 valence electrons. The van der Waals surface area contributed by atoms with Gasteiger partial charge >= 0.3 is 0 Å². The lowest BCUT2D eigenvalue weighted by molar-refractivity contribution is 0.0921. The van der Waals surface area contributed by atoms with Crippen LogP contribution in [0.5, 0.6) is 5.75 Å². The Labute approximate surface area is 109 Å². The topological polar surface area (TPSA) is 26.3 Å². The number of rotatable bonds is 4. The van der Waals surface area contributed by atoms with E-state index in [0.29, 0.717) is 5.75 Å². The van der Waals surface area contributed by atoms with Crippen molar-refractivity contribution in [3.8, 4) is 5.75 Å². The number of Topliss-reactive ketones (excluding diaryl/α,β-unsaturated/α-hetero) is 1. The van der Waals surface area contributed by atoms with E-state index in [-0.39, 0.29) is 12.2 Å². The summed E-state index contributed by atoms with van der Waals surface area (Å²) in [4.78, 5) is 11.7. The third-order valence-corrected chi connectivity index (χ3v) is 2.63. The Hall–Kier alpha value is -2.23. The number of ketones is 1. The van der Waals surface area contributed by atoms with Gasteiger partial charge in [0.2, 0.25) is 0 Å². The summed E-state index contributed by atoms with van der Waals surface area (Å²) >= 11 is 0. The quantitative estimate of drug-likeness (QED) is 0.788. The van der Waals surface area contributed by atoms with Crippen LogP contribution < -0.4 is 4.74 Å². The van der Waals surface area contributed by atoms with Gasteiger partial charge in [0.15, 0.2) is 24.0 Å². The first-order valence-electron chi connectivity index (χ1n) is 5.74. The van der Waals surface area contributed by atoms with Gasteiger partial charge in [0.1, 0.15) is 5.75 Å². The van der Waals surface area contributed by atoms with E-state index in [1.807, 2.05) is 19.1 Å². The van der Waals surface area contributed by atoms with E-state index in [4.69, 9.17) is 4.74 Å². The lowest BCUT2D eigenvalue weighted by Crippen LogP contribution is -2.12. The zero-order valence-corrected chi connectivity index (χ0v) is 10.3. The third-order valence-electron chi connectivity index (χ3n) is 2.63. The first-order chi connectivity index (χ1) is 9.06. The van der Waals surface area contributed by atoms with E-state index in [1.165, 1.54) is 6.07 Å². The van der Waals surface area contributed by atoms with Crippen LogP contribution in [-0.4, -0.2) is 12.4 Å². The van der Waals surface area contributed by atoms with Crippen LogP contribution in [0.2, 0.25) is 0 Å². The van der Waals surface area contributed by atoms with Crippen molar-refractivity contribution in [3.05, 3.63) is 65.2 Å². The van der Waals surface area contributed by atoms with Crippen molar-refractivity contribution in [2.45, 2.75) is 6.92 Å². The van der Waals surface area contributed by atoms with Gasteiger partial charge in [0.05, 0.1) is 0 Å². The highest BCUT2D eigenvalue weighted by molar-refractivity contribution is 5.97. The second kappa shape index (κ2) is 5.61. The van der Waals surface area contributed by atoms with Crippen LogP contribution in [0.3, 0.4) is 0 Å². The number of ether oxygens (including phenoxy) is 1. The van der Waals surface area contributed by atoms with Crippen molar-refractivity contribution in [2.75, 3.05) is 6.61 Å². The Kier molecular flexibility index (Phi) is 3.90. The van der Waals surface area contributed by atoms with Crippen LogP contribution in [-0.2, 0) is 0 Å². The maximum absolute atomic E-state index is 13.0. The fourth-order valence-electron chi connectivity index (χ4n) is 1.54. The van der Waals surface area contributed by atoms with Crippen molar-refractivity contribution in [3.63, 3.8) is 0 Å². The first-order valence-corrected chi connectivity index (χ1v) is 5.74. The molecule has 0 saturated heterocycles. The van der Waals surface area contributed by atoms with Gasteiger partial charge in [-0.3, -0.25) is 4.79 Å². The van der Waals surface area contributed by atoms with Crippen molar-refractivity contribution in [1.82, 2.24) is 0 Å². The predicted molar refractivity (Wildman–Crippen MR) is 67.4 cm³/mol. The number of halogens is 2. The molecular formula is C15H12F2O2. The fraction of sp³-hybridized carbons (Fsp3) is 0.133. The summed E-state index contributed by atoms with van der Waals surface area (Å²) in [5.41, 5.74) is 1.17. The van der Waals surface area contributed by atoms with E-state index in [1.54, 1.807) is 12.1 Å². The number of carbonyl (C=O) groups is 1. The Morgan fingerprint density at radius 2 is 1.74 bits per heavy atom. The number of aryl methyl sites for hydroxylation is 1. The number of benzene rings is 2. The second-order valence-corrected chi connectivity index (χ2v) is 4.15. The molecule has 0 bridgehead atoms. The molecule has 2 rings (SSSR count). The molecule has 0 radical (unpaired) electrons. The summed E-state index contributed by atoms with van der Waals surface area (Å²) in [6, 6.07) is 10.2. The average molecular weight is 262 g/mol. The molecule has 0 heterocycles. The SMILES string of the molecule is Cc1ccc(OCC(=O)c2ccc(F)c(F)c2)cc1. The number of hydrogen-bond acceptors (Lipinski definition) is 2. The minimum Gasteiger partial charge on any atom is -0.485 e. The van der Waals surface area contributed by atoms with Crippen molar-refractivity contribution >= 4 is 5.78 Å². The van der Waals surface area contributed by atoms with Gasteiger partial charge in [-0.1, -0.05) is 17.7 Å². The minimum atomic E-state index is -1.04. The molecule has 0 fully saturated rings. The molecule has 2 aromatic rings. The Bertz CT molecular complexity index is 592. The zero-order chi connectivity index (χ0) is 13.8. The molecule has 4 heteroatoms. The van der Waals surface area contributed by atoms with E-state index >= 15 is 0 Å². The maximum atomic E-state index is 13.0. The predicted octanol–water partition coefficient (Wildman–Crippen LogP) is 3.53. The largest absolute Gasteiger partial charge is 0.485 e. The molecule has 19 heavy (non-hydrogen) atoms. The molecule has 0 atom stereocenters. The first kappa shape index (κ1) is 13.2. The van der Waals surface area contributed by atoms with Crippen LogP contribution in [0.4, 0.5) is 8.78 Å². The van der Waals surface area contributed by atoms with Gasteiger partial charge in [-0.25, -0.2) is 8.78 Å². The van der Waals surface area contributed by atoms with E-state index < -0.39 is 17.4 Å². The van der Waals surface area contributed by atoms with E-state index in [9.17, 15) is 13.6 Å². The van der Waals surface area contributed by atoms with E-state index in [0.717, 1.165) is 17.7 Å². The lowest BCUT2D eigenvalue weighted by Gasteiger charge is -2.06. The highest BCUT2D eigenvalue weighted by atomic mass is 19.2. The van der Waals surface area contributed by atoms with Crippen LogP contribution >= 0.6 is 0 Å². The van der Waals surface area contributed by atoms with Gasteiger partial charge in [-0.05, 0) is 37.3 Å². The molecular weight excluding hydrogens is 250 g/mol. The van der Waals surface area contributed by atoms with Crippen molar-refractivity contribution in [1.29, 1.82) is 0 Å². The van der Waals surface area contributed by atoms with Gasteiger partial charge in [-0.2, -0.15) is 0 Å². The smallest absolute Gasteiger partial charge is 0.200 e. The van der Waals surface area contributed by atoms with Gasteiger partial charge in [-0.15, -0.1) is 0 Å². The summed E-state index contributed by atoms with van der Waals surface area (Å²) in [6.45, 7) is 1.73. The molecule has 0 amide bonds. The summed E-state index contributed by atoms with van der Waals surface area (Å²) in [7, 11) is 0. The summed E-state index contributed by atoms with van der Waals surface area (Å²) < 4.78 is 31.0. The fourth-order valence-corrected chi connectivity index (χ4v) is 1.54. The van der Waals surface area contributed by atoms with Crippen molar-refractivity contribution in [2.24, 2.45) is 0 Å². The highest BCUT2D eigenvalue weighted by Crippen LogP contribution is 2.13. The lowest BCUT2D eigenvalue weighted by atomic mass is 10.1. The standard InChI is InChI=1S/C15H12F2O2/c1-10-2-5-12(6-3-10)19-9-15(18)11-4-7-13(16)14(17)8-11/h2-8H,9H2,1H3. The van der Waals surface area contributed by atoms with Gasteiger partial charge < -0.3 is 4.74 Å². The highest BCUT2D eigenvalue weighted by Gasteiger charge is 2.10. The monoisotopic (exact) mass is 262 g/mol. The molecule has 0 aliphatic rings. The summed E-state index contributed by atoms with van der Waals surface area (Å²) in [6.07, 6.45) is 0. The Morgan fingerprint density at radius 3 is 2.37 bits per heavy atom. The molecule has 0 aromatic heterocycles. The molecule has 0 aliphatic carbocycles. The normalized spacial score (nSPS) is 10.3. The van der Waals surface area contributed by atoms with Crippen molar-refractivity contribution < 1.29 is 18.3 Å². The minimum absolute atomic E-state index is 0.0889. The Balaban J connectivity index is 2.01.